The van der Waals surface area contributed by atoms with Gasteiger partial charge in [-0.3, -0.25) is 9.78 Å². The van der Waals surface area contributed by atoms with Gasteiger partial charge in [0, 0.05) is 55.7 Å². The molecule has 35 heavy (non-hydrogen) atoms. The van der Waals surface area contributed by atoms with E-state index in [2.05, 4.69) is 27.1 Å². The van der Waals surface area contributed by atoms with Crippen LogP contribution in [0.25, 0.3) is 11.1 Å². The van der Waals surface area contributed by atoms with E-state index in [-0.39, 0.29) is 30.5 Å². The zero-order chi connectivity index (χ0) is 24.6. The van der Waals surface area contributed by atoms with Gasteiger partial charge >= 0.3 is 0 Å². The van der Waals surface area contributed by atoms with E-state index in [1.807, 2.05) is 12.1 Å². The number of rotatable bonds is 9. The Balaban J connectivity index is 1.26. The second-order valence-corrected chi connectivity index (χ2v) is 9.18. The molecule has 1 aromatic heterocycles. The van der Waals surface area contributed by atoms with E-state index in [0.29, 0.717) is 22.4 Å². The summed E-state index contributed by atoms with van der Waals surface area (Å²) in [7, 11) is 2.15. The van der Waals surface area contributed by atoms with Crippen LogP contribution in [-0.2, 0) is 24.2 Å². The number of nitrogens with zero attached hydrogens (tertiary/aromatic N) is 3. The highest BCUT2D eigenvalue weighted by atomic mass is 19.1. The first kappa shape index (κ1) is 24.9. The summed E-state index contributed by atoms with van der Waals surface area (Å²) in [6.45, 7) is 5.70. The number of hydrogen-bond donors (Lipinski definition) is 1. The molecule has 3 aromatic rings. The molecule has 0 bridgehead atoms. The van der Waals surface area contributed by atoms with Gasteiger partial charge in [-0.15, -0.1) is 0 Å². The van der Waals surface area contributed by atoms with Gasteiger partial charge in [-0.2, -0.15) is 0 Å². The van der Waals surface area contributed by atoms with Crippen LogP contribution < -0.4 is 5.32 Å². The monoisotopic (exact) mass is 478 g/mol. The fraction of sp³-hybridized carbons (Fsp3) is 0.357. The molecule has 0 atom stereocenters. The third kappa shape index (κ3) is 7.41. The van der Waals surface area contributed by atoms with Gasteiger partial charge in [0.1, 0.15) is 11.6 Å². The molecule has 0 saturated carbocycles. The molecule has 1 amide bonds. The number of halogens is 2. The summed E-state index contributed by atoms with van der Waals surface area (Å²) >= 11 is 0. The maximum Gasteiger partial charge on any atom is 0.226 e. The number of piperazine rings is 1. The van der Waals surface area contributed by atoms with Gasteiger partial charge in [-0.05, 0) is 61.8 Å². The normalized spacial score (nSPS) is 14.7. The minimum Gasteiger partial charge on any atom is -0.352 e. The number of pyridine rings is 1. The molecule has 2 heterocycles. The Morgan fingerprint density at radius 3 is 2.54 bits per heavy atom. The number of amides is 1. The number of hydrogen-bond acceptors (Lipinski definition) is 4. The van der Waals surface area contributed by atoms with Crippen molar-refractivity contribution in [1.82, 2.24) is 20.1 Å². The summed E-state index contributed by atoms with van der Waals surface area (Å²) in [5.74, 6) is -0.800. The number of carbonyl (C=O) groups excluding carboxylic acids is 1. The Labute approximate surface area is 205 Å². The lowest BCUT2D eigenvalue weighted by atomic mass is 10.0. The van der Waals surface area contributed by atoms with E-state index < -0.39 is 0 Å². The molecule has 0 unspecified atom stereocenters. The van der Waals surface area contributed by atoms with Gasteiger partial charge in [0.05, 0.1) is 6.42 Å². The lowest BCUT2D eigenvalue weighted by molar-refractivity contribution is -0.120. The molecule has 2 aromatic carbocycles. The average Bonchev–Trinajstić information content (AvgIpc) is 2.85. The number of nitrogens with one attached hydrogen (secondary N) is 1. The van der Waals surface area contributed by atoms with Crippen molar-refractivity contribution in [2.45, 2.75) is 25.8 Å². The number of carbonyl (C=O) groups is 1. The van der Waals surface area contributed by atoms with Gasteiger partial charge in [-0.1, -0.05) is 30.3 Å². The molecule has 0 aliphatic carbocycles. The first-order chi connectivity index (χ1) is 17.0. The summed E-state index contributed by atoms with van der Waals surface area (Å²) < 4.78 is 28.1. The minimum atomic E-state index is -0.333. The standard InChI is InChI=1S/C28H32F2N4O/c1-33-12-14-34(15-13-33)11-3-5-21-7-10-26(27(30)17-21)23-8-9-25(31-20-23)18-28(35)32-19-22-4-2-6-24(29)16-22/h2,4,6-10,16-17,20H,3,5,11-15,18-19H2,1H3,(H,32,35). The first-order valence-corrected chi connectivity index (χ1v) is 12.1. The Morgan fingerprint density at radius 1 is 1.00 bits per heavy atom. The number of benzene rings is 2. The van der Waals surface area contributed by atoms with Crippen molar-refractivity contribution in [3.63, 3.8) is 0 Å². The summed E-state index contributed by atoms with van der Waals surface area (Å²) in [5, 5.41) is 2.77. The van der Waals surface area contributed by atoms with Crippen molar-refractivity contribution in [1.29, 1.82) is 0 Å². The molecule has 7 heteroatoms. The second kappa shape index (κ2) is 12.0. The van der Waals surface area contributed by atoms with Gasteiger partial charge in [0.2, 0.25) is 5.91 Å². The van der Waals surface area contributed by atoms with E-state index in [1.165, 1.54) is 12.1 Å². The van der Waals surface area contributed by atoms with Crippen molar-refractivity contribution in [3.8, 4) is 11.1 Å². The van der Waals surface area contributed by atoms with Crippen LogP contribution in [0.15, 0.2) is 60.8 Å². The zero-order valence-corrected chi connectivity index (χ0v) is 20.1. The van der Waals surface area contributed by atoms with E-state index in [9.17, 15) is 13.6 Å². The molecule has 1 aliphatic heterocycles. The molecule has 1 N–H and O–H groups in total. The van der Waals surface area contributed by atoms with Crippen LogP contribution in [0.2, 0.25) is 0 Å². The quantitative estimate of drug-likeness (QED) is 0.504. The fourth-order valence-electron chi connectivity index (χ4n) is 4.29. The fourth-order valence-corrected chi connectivity index (χ4v) is 4.29. The van der Waals surface area contributed by atoms with Crippen LogP contribution >= 0.6 is 0 Å². The Bertz CT molecular complexity index is 1130. The van der Waals surface area contributed by atoms with Crippen molar-refractivity contribution < 1.29 is 13.6 Å². The molecule has 5 nitrogen and oxygen atoms in total. The highest BCUT2D eigenvalue weighted by Crippen LogP contribution is 2.24. The van der Waals surface area contributed by atoms with Gasteiger partial charge in [0.25, 0.3) is 0 Å². The van der Waals surface area contributed by atoms with Crippen LogP contribution in [0.3, 0.4) is 0 Å². The highest BCUT2D eigenvalue weighted by molar-refractivity contribution is 5.78. The molecule has 1 aliphatic rings. The van der Waals surface area contributed by atoms with Crippen molar-refractivity contribution >= 4 is 5.91 Å². The van der Waals surface area contributed by atoms with Crippen molar-refractivity contribution in [2.24, 2.45) is 0 Å². The maximum absolute atomic E-state index is 14.8. The van der Waals surface area contributed by atoms with Gasteiger partial charge in [0.15, 0.2) is 0 Å². The molecule has 1 saturated heterocycles. The van der Waals surface area contributed by atoms with E-state index in [4.69, 9.17) is 0 Å². The SMILES string of the molecule is CN1CCN(CCCc2ccc(-c3ccc(CC(=O)NCc4cccc(F)c4)nc3)c(F)c2)CC1. The summed E-state index contributed by atoms with van der Waals surface area (Å²) in [5.41, 5.74) is 3.46. The number of likely N-dealkylation sites (N-methyl/N-ethyl adjacent to an activating group) is 1. The van der Waals surface area contributed by atoms with Crippen LogP contribution in [0.5, 0.6) is 0 Å². The van der Waals surface area contributed by atoms with Crippen LogP contribution in [-0.4, -0.2) is 60.5 Å². The Hall–Kier alpha value is -3.16. The second-order valence-electron chi connectivity index (χ2n) is 9.18. The van der Waals surface area contributed by atoms with Crippen molar-refractivity contribution in [3.05, 3.63) is 89.2 Å². The maximum atomic E-state index is 14.8. The first-order valence-electron chi connectivity index (χ1n) is 12.1. The summed E-state index contributed by atoms with van der Waals surface area (Å²) in [6.07, 6.45) is 3.57. The highest BCUT2D eigenvalue weighted by Gasteiger charge is 2.13. The minimum absolute atomic E-state index is 0.102. The van der Waals surface area contributed by atoms with E-state index in [1.54, 1.807) is 36.5 Å². The lowest BCUT2D eigenvalue weighted by Gasteiger charge is -2.32. The third-order valence-corrected chi connectivity index (χ3v) is 6.43. The summed E-state index contributed by atoms with van der Waals surface area (Å²) in [4.78, 5) is 21.4. The zero-order valence-electron chi connectivity index (χ0n) is 20.1. The predicted molar refractivity (Wildman–Crippen MR) is 134 cm³/mol. The number of aryl methyl sites for hydroxylation is 1. The van der Waals surface area contributed by atoms with Crippen LogP contribution in [0.1, 0.15) is 23.2 Å². The Morgan fingerprint density at radius 2 is 1.83 bits per heavy atom. The van der Waals surface area contributed by atoms with E-state index >= 15 is 0 Å². The molecule has 184 valence electrons. The molecular formula is C28H32F2N4O. The van der Waals surface area contributed by atoms with Gasteiger partial charge in [-0.25, -0.2) is 8.78 Å². The third-order valence-electron chi connectivity index (χ3n) is 6.43. The lowest BCUT2D eigenvalue weighted by Crippen LogP contribution is -2.44. The summed E-state index contributed by atoms with van der Waals surface area (Å²) in [6, 6.07) is 15.0. The topological polar surface area (TPSA) is 48.5 Å². The molecular weight excluding hydrogens is 446 g/mol. The smallest absolute Gasteiger partial charge is 0.226 e. The molecule has 0 radical (unpaired) electrons. The predicted octanol–water partition coefficient (Wildman–Crippen LogP) is 4.07. The van der Waals surface area contributed by atoms with Crippen LogP contribution in [0, 0.1) is 11.6 Å². The average molecular weight is 479 g/mol. The van der Waals surface area contributed by atoms with Crippen molar-refractivity contribution in [2.75, 3.05) is 39.8 Å². The molecule has 4 rings (SSSR count). The largest absolute Gasteiger partial charge is 0.352 e. The molecule has 1 fully saturated rings. The Kier molecular flexibility index (Phi) is 8.55. The molecule has 0 spiro atoms. The number of aromatic nitrogens is 1. The van der Waals surface area contributed by atoms with Gasteiger partial charge < -0.3 is 15.1 Å². The van der Waals surface area contributed by atoms with Crippen LogP contribution in [0.4, 0.5) is 8.78 Å². The van der Waals surface area contributed by atoms with E-state index in [0.717, 1.165) is 51.1 Å².